The quantitative estimate of drug-likeness (QED) is 0.356. The molecule has 1 aliphatic heterocycles. The lowest BCUT2D eigenvalue weighted by Crippen LogP contribution is -2.47. The van der Waals surface area contributed by atoms with Gasteiger partial charge in [-0.2, -0.15) is 39.5 Å². The molecule has 1 heterocycles. The van der Waals surface area contributed by atoms with Crippen LogP contribution in [0.1, 0.15) is 61.1 Å². The Morgan fingerprint density at radius 2 is 1.44 bits per heavy atom. The molecule has 5 nitrogen and oxygen atoms in total. The second-order valence-corrected chi connectivity index (χ2v) is 9.00. The molecule has 1 aliphatic rings. The number of carbonyl (C=O) groups is 2. The molecule has 2 amide bonds. The van der Waals surface area contributed by atoms with Gasteiger partial charge >= 0.3 is 24.6 Å². The van der Waals surface area contributed by atoms with E-state index in [9.17, 15) is 49.1 Å². The van der Waals surface area contributed by atoms with E-state index in [1.54, 1.807) is 0 Å². The summed E-state index contributed by atoms with van der Waals surface area (Å²) < 4.78 is 126. The van der Waals surface area contributed by atoms with Crippen LogP contribution in [-0.4, -0.2) is 29.5 Å². The number of hydrogen-bond donors (Lipinski definition) is 0. The largest absolute Gasteiger partial charge is 0.449 e. The van der Waals surface area contributed by atoms with E-state index in [1.807, 2.05) is 0 Å². The summed E-state index contributed by atoms with van der Waals surface area (Å²) >= 11 is 0. The Morgan fingerprint density at radius 1 is 0.897 bits per heavy atom. The molecule has 0 bridgehead atoms. The molecule has 0 saturated carbocycles. The molecule has 0 aliphatic carbocycles. The average Bonchev–Trinajstić information content (AvgIpc) is 2.79. The van der Waals surface area contributed by atoms with Crippen LogP contribution in [-0.2, 0) is 34.6 Å². The Labute approximate surface area is 217 Å². The maximum Gasteiger partial charge on any atom is 0.416 e. The zero-order chi connectivity index (χ0) is 29.5. The summed E-state index contributed by atoms with van der Waals surface area (Å²) in [6, 6.07) is 1.32. The van der Waals surface area contributed by atoms with Crippen molar-refractivity contribution in [3.8, 4) is 0 Å². The molecule has 39 heavy (non-hydrogen) atoms. The zero-order valence-corrected chi connectivity index (χ0v) is 20.8. The highest BCUT2D eigenvalue weighted by molar-refractivity contribution is 5.90. The molecule has 0 spiro atoms. The number of fused-ring (bicyclic) bond motifs is 1. The standard InChI is InChI=1S/C25H23F9N2O3/c1-4-39-22(38)36-13(2)7-21(19-11-16(23(26,27)28)5-6-20(19)36)35(14(3)37)12-15-8-17(24(29,30)31)10-18(9-15)25(32,33)34/h5-6,8-11,13,21H,4,7,12H2,1-3H3/t13-,21+/m0/s1. The molecule has 2 aromatic rings. The zero-order valence-electron chi connectivity index (χ0n) is 20.8. The number of carbonyl (C=O) groups excluding carboxylic acids is 2. The fourth-order valence-corrected chi connectivity index (χ4v) is 4.52. The molecule has 0 unspecified atom stereocenters. The summed E-state index contributed by atoms with van der Waals surface area (Å²) in [5.74, 6) is -0.814. The van der Waals surface area contributed by atoms with Crippen molar-refractivity contribution in [2.24, 2.45) is 0 Å². The van der Waals surface area contributed by atoms with Gasteiger partial charge in [-0.25, -0.2) is 4.79 Å². The molecular weight excluding hydrogens is 547 g/mol. The van der Waals surface area contributed by atoms with Gasteiger partial charge < -0.3 is 9.64 Å². The van der Waals surface area contributed by atoms with Gasteiger partial charge in [0.25, 0.3) is 0 Å². The highest BCUT2D eigenvalue weighted by Crippen LogP contribution is 2.44. The van der Waals surface area contributed by atoms with Gasteiger partial charge in [0.15, 0.2) is 0 Å². The highest BCUT2D eigenvalue weighted by Gasteiger charge is 2.42. The number of halogens is 9. The average molecular weight is 570 g/mol. The van der Waals surface area contributed by atoms with E-state index in [0.29, 0.717) is 18.2 Å². The van der Waals surface area contributed by atoms with Crippen LogP contribution in [0.25, 0.3) is 0 Å². The molecule has 0 radical (unpaired) electrons. The van der Waals surface area contributed by atoms with Gasteiger partial charge in [0, 0.05) is 19.5 Å². The lowest BCUT2D eigenvalue weighted by Gasteiger charge is -2.43. The molecular formula is C25H23F9N2O3. The third-order valence-electron chi connectivity index (χ3n) is 6.22. The summed E-state index contributed by atoms with van der Waals surface area (Å²) in [6.07, 6.45) is -16.1. The van der Waals surface area contributed by atoms with Crippen molar-refractivity contribution in [1.29, 1.82) is 0 Å². The summed E-state index contributed by atoms with van der Waals surface area (Å²) in [6.45, 7) is 3.22. The van der Waals surface area contributed by atoms with Gasteiger partial charge in [0.1, 0.15) is 0 Å². The van der Waals surface area contributed by atoms with E-state index in [0.717, 1.165) is 28.9 Å². The second kappa shape index (κ2) is 10.6. The maximum absolute atomic E-state index is 13.6. The van der Waals surface area contributed by atoms with Crippen LogP contribution in [0.2, 0.25) is 0 Å². The van der Waals surface area contributed by atoms with Crippen molar-refractivity contribution in [3.05, 3.63) is 64.2 Å². The fraction of sp³-hybridized carbons (Fsp3) is 0.440. The number of amides is 2. The highest BCUT2D eigenvalue weighted by atomic mass is 19.4. The number of nitrogens with zero attached hydrogens (tertiary/aromatic N) is 2. The van der Waals surface area contributed by atoms with E-state index in [4.69, 9.17) is 4.74 Å². The number of hydrogen-bond acceptors (Lipinski definition) is 3. The SMILES string of the molecule is CCOC(=O)N1c2ccc(C(F)(F)F)cc2[C@H](N(Cc2cc(C(F)(F)F)cc(C(F)(F)F)c2)C(C)=O)C[C@@H]1C. The number of rotatable bonds is 4. The van der Waals surface area contributed by atoms with Crippen LogP contribution in [0.5, 0.6) is 0 Å². The first-order valence-electron chi connectivity index (χ1n) is 11.6. The Balaban J connectivity index is 2.17. The molecule has 2 aromatic carbocycles. The second-order valence-electron chi connectivity index (χ2n) is 9.00. The third kappa shape index (κ3) is 6.59. The molecule has 0 saturated heterocycles. The lowest BCUT2D eigenvalue weighted by atomic mass is 9.89. The van der Waals surface area contributed by atoms with Gasteiger partial charge in [0.2, 0.25) is 5.91 Å². The van der Waals surface area contributed by atoms with Crippen molar-refractivity contribution < 1.29 is 53.8 Å². The topological polar surface area (TPSA) is 49.9 Å². The van der Waals surface area contributed by atoms with Crippen LogP contribution in [0.3, 0.4) is 0 Å². The summed E-state index contributed by atoms with van der Waals surface area (Å²) in [5.41, 5.74) is -5.03. The van der Waals surface area contributed by atoms with Crippen LogP contribution in [0.4, 0.5) is 50.0 Å². The number of ether oxygens (including phenoxy) is 1. The third-order valence-corrected chi connectivity index (χ3v) is 6.22. The molecule has 214 valence electrons. The summed E-state index contributed by atoms with van der Waals surface area (Å²) in [4.78, 5) is 27.3. The minimum Gasteiger partial charge on any atom is -0.449 e. The Morgan fingerprint density at radius 3 is 1.90 bits per heavy atom. The predicted molar refractivity (Wildman–Crippen MR) is 120 cm³/mol. The number of alkyl halides is 9. The van der Waals surface area contributed by atoms with Crippen LogP contribution in [0, 0.1) is 0 Å². The maximum atomic E-state index is 13.6. The van der Waals surface area contributed by atoms with E-state index in [-0.39, 0.29) is 30.3 Å². The van der Waals surface area contributed by atoms with Crippen molar-refractivity contribution in [2.75, 3.05) is 11.5 Å². The van der Waals surface area contributed by atoms with Crippen LogP contribution in [0.15, 0.2) is 36.4 Å². The van der Waals surface area contributed by atoms with E-state index >= 15 is 0 Å². The lowest BCUT2D eigenvalue weighted by molar-refractivity contribution is -0.143. The first-order valence-corrected chi connectivity index (χ1v) is 11.6. The van der Waals surface area contributed by atoms with Gasteiger partial charge in [-0.05, 0) is 67.8 Å². The number of benzene rings is 2. The number of anilines is 1. The van der Waals surface area contributed by atoms with Gasteiger partial charge in [0.05, 0.1) is 35.0 Å². The minimum atomic E-state index is -5.13. The monoisotopic (exact) mass is 570 g/mol. The van der Waals surface area contributed by atoms with Gasteiger partial charge in [-0.15, -0.1) is 0 Å². The van der Waals surface area contributed by atoms with E-state index in [1.165, 1.54) is 13.8 Å². The van der Waals surface area contributed by atoms with Gasteiger partial charge in [-0.1, -0.05) is 0 Å². The fourth-order valence-electron chi connectivity index (χ4n) is 4.52. The summed E-state index contributed by atoms with van der Waals surface area (Å²) in [5, 5.41) is 0. The first-order chi connectivity index (χ1) is 17.8. The summed E-state index contributed by atoms with van der Waals surface area (Å²) in [7, 11) is 0. The van der Waals surface area contributed by atoms with Crippen LogP contribution >= 0.6 is 0 Å². The van der Waals surface area contributed by atoms with Crippen molar-refractivity contribution >= 4 is 17.7 Å². The molecule has 2 atom stereocenters. The first kappa shape index (κ1) is 30.1. The van der Waals surface area contributed by atoms with Crippen molar-refractivity contribution in [2.45, 2.75) is 64.3 Å². The molecule has 0 N–H and O–H groups in total. The molecule has 0 fully saturated rings. The molecule has 3 rings (SSSR count). The van der Waals surface area contributed by atoms with Crippen molar-refractivity contribution in [1.82, 2.24) is 4.90 Å². The normalized spacial score (nSPS) is 18.0. The van der Waals surface area contributed by atoms with E-state index in [2.05, 4.69) is 0 Å². The Hall–Kier alpha value is -3.45. The van der Waals surface area contributed by atoms with Crippen molar-refractivity contribution in [3.63, 3.8) is 0 Å². The van der Waals surface area contributed by atoms with Gasteiger partial charge in [-0.3, -0.25) is 9.69 Å². The Kier molecular flexibility index (Phi) is 8.19. The Bertz CT molecular complexity index is 1210. The van der Waals surface area contributed by atoms with E-state index < -0.39 is 71.4 Å². The predicted octanol–water partition coefficient (Wildman–Crippen LogP) is 7.59. The molecule has 0 aromatic heterocycles. The van der Waals surface area contributed by atoms with Crippen LogP contribution < -0.4 is 4.90 Å². The smallest absolute Gasteiger partial charge is 0.416 e. The molecule has 14 heteroatoms. The minimum absolute atomic E-state index is 0.0310.